The highest BCUT2D eigenvalue weighted by atomic mass is 16.3. The Balaban J connectivity index is 1.66. The molecule has 47 heavy (non-hydrogen) atoms. The lowest BCUT2D eigenvalue weighted by atomic mass is 9.43. The van der Waals surface area contributed by atoms with Crippen LogP contribution in [0, 0.1) is 43.4 Å². The van der Waals surface area contributed by atoms with Crippen LogP contribution < -0.4 is 0 Å². The summed E-state index contributed by atoms with van der Waals surface area (Å²) in [4.78, 5) is 41.0. The average Bonchev–Trinajstić information content (AvgIpc) is 2.94. The van der Waals surface area contributed by atoms with Gasteiger partial charge in [0.05, 0.1) is 5.56 Å². The van der Waals surface area contributed by atoms with Crippen molar-refractivity contribution in [2.24, 2.45) is 22.7 Å². The molecule has 5 rings (SSSR count). The zero-order valence-corrected chi connectivity index (χ0v) is 29.5. The number of phenolic OH excluding ortho intramolecular Hbond substituents is 1. The van der Waals surface area contributed by atoms with Gasteiger partial charge in [-0.3, -0.25) is 14.4 Å². The maximum absolute atomic E-state index is 14.7. The van der Waals surface area contributed by atoms with E-state index in [9.17, 15) is 34.8 Å². The Morgan fingerprint density at radius 1 is 0.957 bits per heavy atom. The van der Waals surface area contributed by atoms with Gasteiger partial charge in [0, 0.05) is 22.3 Å². The van der Waals surface area contributed by atoms with Crippen LogP contribution in [0.4, 0.5) is 0 Å². The summed E-state index contributed by atoms with van der Waals surface area (Å²) in [6, 6.07) is 6.41. The molecule has 3 aliphatic rings. The fourth-order valence-electron chi connectivity index (χ4n) is 9.33. The largest absolute Gasteiger partial charge is 0.508 e. The Labute approximate surface area is 278 Å². The Bertz CT molecular complexity index is 1770. The quantitative estimate of drug-likeness (QED) is 0.231. The molecule has 0 spiro atoms. The lowest BCUT2D eigenvalue weighted by molar-refractivity contribution is -0.178. The number of rotatable bonds is 7. The van der Waals surface area contributed by atoms with Gasteiger partial charge in [0.1, 0.15) is 22.8 Å². The van der Waals surface area contributed by atoms with E-state index in [1.807, 2.05) is 13.0 Å². The number of allylic oxidation sites excluding steroid dienone is 1. The summed E-state index contributed by atoms with van der Waals surface area (Å²) >= 11 is 0. The predicted molar refractivity (Wildman–Crippen MR) is 183 cm³/mol. The lowest BCUT2D eigenvalue weighted by Gasteiger charge is -2.60. The van der Waals surface area contributed by atoms with Gasteiger partial charge < -0.3 is 20.4 Å². The van der Waals surface area contributed by atoms with Gasteiger partial charge in [-0.15, -0.1) is 0 Å². The van der Waals surface area contributed by atoms with Gasteiger partial charge in [0.15, 0.2) is 17.2 Å². The second-order valence-electron chi connectivity index (χ2n) is 15.7. The fourth-order valence-corrected chi connectivity index (χ4v) is 9.33. The summed E-state index contributed by atoms with van der Waals surface area (Å²) in [6.45, 7) is 18.7. The summed E-state index contributed by atoms with van der Waals surface area (Å²) in [5.74, 6) is -4.97. The van der Waals surface area contributed by atoms with E-state index in [2.05, 4.69) is 46.8 Å². The first kappa shape index (κ1) is 34.6. The first-order valence-electron chi connectivity index (χ1n) is 16.9. The second-order valence-corrected chi connectivity index (χ2v) is 15.7. The highest BCUT2D eigenvalue weighted by Crippen LogP contribution is 2.65. The molecule has 0 aromatic heterocycles. The third kappa shape index (κ3) is 4.91. The highest BCUT2D eigenvalue weighted by Gasteiger charge is 2.72. The van der Waals surface area contributed by atoms with Crippen LogP contribution in [0.5, 0.6) is 5.75 Å². The predicted octanol–water partition coefficient (Wildman–Crippen LogP) is 7.41. The maximum Gasteiger partial charge on any atom is 0.203 e. The molecule has 2 aromatic rings. The molecule has 1 saturated carbocycles. The van der Waals surface area contributed by atoms with Crippen molar-refractivity contribution in [3.05, 3.63) is 79.6 Å². The minimum atomic E-state index is -2.62. The monoisotopic (exact) mass is 642 g/mol. The molecule has 0 heterocycles. The van der Waals surface area contributed by atoms with Crippen molar-refractivity contribution >= 4 is 23.1 Å². The first-order chi connectivity index (χ1) is 21.7. The molecule has 0 amide bonds. The van der Waals surface area contributed by atoms with Gasteiger partial charge in [0.2, 0.25) is 5.78 Å². The molecule has 3 aliphatic carbocycles. The van der Waals surface area contributed by atoms with E-state index in [1.54, 1.807) is 20.8 Å². The van der Waals surface area contributed by atoms with E-state index in [1.165, 1.54) is 22.3 Å². The summed E-state index contributed by atoms with van der Waals surface area (Å²) in [7, 11) is 0. The van der Waals surface area contributed by atoms with E-state index in [-0.39, 0.29) is 41.6 Å². The number of Topliss-reactive ketones (excluding diaryl/α,β-unsaturated/α-hetero) is 3. The molecule has 1 unspecified atom stereocenters. The molecule has 4 N–H and O–H groups in total. The lowest BCUT2D eigenvalue weighted by Crippen LogP contribution is -2.69. The van der Waals surface area contributed by atoms with E-state index < -0.39 is 56.8 Å². The molecule has 7 nitrogen and oxygen atoms in total. The molecule has 0 bridgehead atoms. The van der Waals surface area contributed by atoms with Crippen LogP contribution in [0.3, 0.4) is 0 Å². The number of aliphatic hydroxyl groups is 3. The van der Waals surface area contributed by atoms with E-state index in [4.69, 9.17) is 0 Å². The number of ketones is 3. The van der Waals surface area contributed by atoms with Gasteiger partial charge >= 0.3 is 0 Å². The summed E-state index contributed by atoms with van der Waals surface area (Å²) in [6.07, 6.45) is 2.48. The van der Waals surface area contributed by atoms with Gasteiger partial charge in [-0.25, -0.2) is 0 Å². The van der Waals surface area contributed by atoms with Crippen molar-refractivity contribution in [3.63, 3.8) is 0 Å². The molecule has 0 radical (unpaired) electrons. The van der Waals surface area contributed by atoms with Crippen molar-refractivity contribution in [2.45, 2.75) is 113 Å². The number of phenols is 1. The van der Waals surface area contributed by atoms with Gasteiger partial charge in [-0.2, -0.15) is 0 Å². The Kier molecular flexibility index (Phi) is 8.45. The number of carbonyl (C=O) groups is 3. The van der Waals surface area contributed by atoms with Crippen LogP contribution in [-0.4, -0.2) is 43.4 Å². The van der Waals surface area contributed by atoms with Crippen molar-refractivity contribution in [3.8, 4) is 5.75 Å². The van der Waals surface area contributed by atoms with E-state index in [0.717, 1.165) is 30.9 Å². The summed E-state index contributed by atoms with van der Waals surface area (Å²) in [5, 5.41) is 47.5. The molecule has 1 fully saturated rings. The zero-order valence-electron chi connectivity index (χ0n) is 29.5. The Morgan fingerprint density at radius 3 is 2.09 bits per heavy atom. The number of hydrogen-bond donors (Lipinski definition) is 4. The van der Waals surface area contributed by atoms with Crippen LogP contribution >= 0.6 is 0 Å². The highest BCUT2D eigenvalue weighted by molar-refractivity contribution is 6.24. The Morgan fingerprint density at radius 2 is 1.55 bits per heavy atom. The van der Waals surface area contributed by atoms with Crippen LogP contribution in [0.25, 0.3) is 5.76 Å². The van der Waals surface area contributed by atoms with Crippen LogP contribution in [0.1, 0.15) is 112 Å². The van der Waals surface area contributed by atoms with Gasteiger partial charge in [0.25, 0.3) is 0 Å². The number of aryl methyl sites for hydroxylation is 4. The minimum absolute atomic E-state index is 0.0417. The summed E-state index contributed by atoms with van der Waals surface area (Å²) < 4.78 is 0. The molecular formula is C40H50O7. The molecule has 0 saturated heterocycles. The molecule has 4 atom stereocenters. The average molecular weight is 643 g/mol. The van der Waals surface area contributed by atoms with Crippen molar-refractivity contribution < 1.29 is 34.8 Å². The number of aliphatic hydroxyl groups excluding tert-OH is 2. The van der Waals surface area contributed by atoms with Crippen molar-refractivity contribution in [2.75, 3.05) is 0 Å². The van der Waals surface area contributed by atoms with Gasteiger partial charge in [-0.05, 0) is 111 Å². The molecule has 252 valence electrons. The number of fused-ring (bicyclic) bond motifs is 3. The standard InChI is InChI=1S/C40H50O7/c1-19(2)27-16-26(13-11-12-25-14-21(5)23(7)22(6)15-25)33(42)30-28(27)17-38(9)18-39(10)31(20(3)4)34(43)29(24(8)41)36(45)40(39,47)37(46)32(38)35(30)44/h14-16,19-20,31,42,44-45,47H,11-13,17-18H2,1-10H3/t31?,38-,39-,40+/m1/s1. The number of benzene rings is 2. The second kappa shape index (κ2) is 11.5. The maximum atomic E-state index is 14.7. The molecular weight excluding hydrogens is 592 g/mol. The molecule has 0 aliphatic heterocycles. The zero-order chi connectivity index (χ0) is 35.1. The number of carbonyl (C=O) groups excluding carboxylic acids is 3. The van der Waals surface area contributed by atoms with E-state index >= 15 is 0 Å². The van der Waals surface area contributed by atoms with Crippen molar-refractivity contribution in [1.29, 1.82) is 0 Å². The topological polar surface area (TPSA) is 132 Å². The van der Waals surface area contributed by atoms with E-state index in [0.29, 0.717) is 12.0 Å². The first-order valence-corrected chi connectivity index (χ1v) is 16.9. The fraction of sp³-hybridized carbons (Fsp3) is 0.525. The summed E-state index contributed by atoms with van der Waals surface area (Å²) in [5.41, 5.74) is 1.76. The SMILES string of the molecule is CC(=O)C1=C(O)[C@]2(O)C(=O)C3=C(O)c4c(O)c(CCCc5cc(C)c(C)c(C)c5)cc(C(C)C)c4C[C@]3(C)C[C@]2(C)C(C(C)C)C1=O. The normalized spacial score (nSPS) is 27.4. The number of aromatic hydroxyl groups is 1. The van der Waals surface area contributed by atoms with Gasteiger partial charge in [-0.1, -0.05) is 59.7 Å². The third-order valence-electron chi connectivity index (χ3n) is 11.6. The van der Waals surface area contributed by atoms with Crippen LogP contribution in [0.15, 0.2) is 35.1 Å². The molecule has 7 heteroatoms. The minimum Gasteiger partial charge on any atom is -0.508 e. The van der Waals surface area contributed by atoms with Crippen molar-refractivity contribution in [1.82, 2.24) is 0 Å². The van der Waals surface area contributed by atoms with Crippen LogP contribution in [-0.2, 0) is 33.6 Å². The molecule has 2 aromatic carbocycles. The Hall–Kier alpha value is -3.71. The number of hydrogen-bond acceptors (Lipinski definition) is 7. The smallest absolute Gasteiger partial charge is 0.203 e. The van der Waals surface area contributed by atoms with Crippen LogP contribution in [0.2, 0.25) is 0 Å². The third-order valence-corrected chi connectivity index (χ3v) is 11.6.